The summed E-state index contributed by atoms with van der Waals surface area (Å²) in [6.45, 7) is 6.22. The molecule has 0 amide bonds. The first-order valence-corrected chi connectivity index (χ1v) is 10.6. The largest absolute Gasteiger partial charge is 0.462 e. The smallest absolute Gasteiger partial charge is 0.348 e. The van der Waals surface area contributed by atoms with Crippen LogP contribution in [0.15, 0.2) is 23.0 Å². The Hall–Kier alpha value is -1.93. The number of nitrogens with zero attached hydrogens (tertiary/aromatic N) is 2. The summed E-state index contributed by atoms with van der Waals surface area (Å²) in [5, 5.41) is 1.44. The Balaban J connectivity index is 1.93. The van der Waals surface area contributed by atoms with Crippen LogP contribution in [0.2, 0.25) is 10.0 Å². The zero-order valence-corrected chi connectivity index (χ0v) is 18.8. The van der Waals surface area contributed by atoms with Crippen LogP contribution in [0.4, 0.5) is 0 Å². The van der Waals surface area contributed by atoms with Crippen molar-refractivity contribution in [2.45, 2.75) is 33.4 Å². The van der Waals surface area contributed by atoms with Gasteiger partial charge >= 0.3 is 5.97 Å². The summed E-state index contributed by atoms with van der Waals surface area (Å²) >= 11 is 13.6. The Kier molecular flexibility index (Phi) is 6.63. The Labute approximate surface area is 182 Å². The molecule has 6 nitrogen and oxygen atoms in total. The Bertz CT molecular complexity index is 1130. The molecule has 1 aromatic carbocycles. The van der Waals surface area contributed by atoms with Crippen LogP contribution in [-0.2, 0) is 11.3 Å². The van der Waals surface area contributed by atoms with Gasteiger partial charge in [0.25, 0.3) is 5.56 Å². The van der Waals surface area contributed by atoms with E-state index in [1.165, 1.54) is 11.3 Å². The number of aromatic amines is 1. The van der Waals surface area contributed by atoms with E-state index < -0.39 is 5.97 Å². The lowest BCUT2D eigenvalue weighted by atomic mass is 10.1. The molecular formula is C20H21Cl2N3O3S. The molecular weight excluding hydrogens is 433 g/mol. The van der Waals surface area contributed by atoms with Gasteiger partial charge in [-0.15, -0.1) is 11.3 Å². The van der Waals surface area contributed by atoms with E-state index in [4.69, 9.17) is 27.9 Å². The van der Waals surface area contributed by atoms with Gasteiger partial charge in [0.2, 0.25) is 0 Å². The van der Waals surface area contributed by atoms with Crippen LogP contribution in [-0.4, -0.2) is 34.5 Å². The fourth-order valence-corrected chi connectivity index (χ4v) is 4.50. The minimum absolute atomic E-state index is 0.199. The van der Waals surface area contributed by atoms with E-state index in [-0.39, 0.29) is 18.2 Å². The summed E-state index contributed by atoms with van der Waals surface area (Å²) in [5.41, 5.74) is 1.21. The first-order valence-electron chi connectivity index (χ1n) is 9.08. The third-order valence-corrected chi connectivity index (χ3v) is 6.81. The number of aryl methyl sites for hydroxylation is 1. The summed E-state index contributed by atoms with van der Waals surface area (Å²) in [4.78, 5) is 35.3. The molecule has 0 saturated carbocycles. The highest BCUT2D eigenvalue weighted by atomic mass is 35.5. The summed E-state index contributed by atoms with van der Waals surface area (Å²) in [6, 6.07) is 5.30. The normalized spacial score (nSPS) is 12.5. The number of aromatic nitrogens is 2. The average molecular weight is 454 g/mol. The van der Waals surface area contributed by atoms with Crippen LogP contribution in [0, 0.1) is 6.92 Å². The van der Waals surface area contributed by atoms with Gasteiger partial charge in [0.15, 0.2) is 0 Å². The molecule has 0 radical (unpaired) electrons. The van der Waals surface area contributed by atoms with E-state index in [1.807, 2.05) is 31.0 Å². The molecule has 0 aliphatic rings. The van der Waals surface area contributed by atoms with E-state index >= 15 is 0 Å². The first-order chi connectivity index (χ1) is 13.7. The molecule has 0 aliphatic carbocycles. The minimum Gasteiger partial charge on any atom is -0.462 e. The molecule has 0 saturated heterocycles. The molecule has 0 aliphatic heterocycles. The van der Waals surface area contributed by atoms with Gasteiger partial charge in [0.1, 0.15) is 15.5 Å². The number of fused-ring (bicyclic) bond motifs is 1. The monoisotopic (exact) mass is 453 g/mol. The highest BCUT2D eigenvalue weighted by Gasteiger charge is 2.22. The summed E-state index contributed by atoms with van der Waals surface area (Å²) in [6.07, 6.45) is 0. The van der Waals surface area contributed by atoms with Crippen LogP contribution in [0.3, 0.4) is 0 Å². The summed E-state index contributed by atoms with van der Waals surface area (Å²) in [7, 11) is 1.91. The molecule has 29 heavy (non-hydrogen) atoms. The molecule has 0 spiro atoms. The van der Waals surface area contributed by atoms with Gasteiger partial charge in [-0.2, -0.15) is 0 Å². The molecule has 2 aromatic heterocycles. The van der Waals surface area contributed by atoms with Crippen molar-refractivity contribution in [3.8, 4) is 0 Å². The molecule has 1 unspecified atom stereocenters. The fraction of sp³-hybridized carbons (Fsp3) is 0.350. The van der Waals surface area contributed by atoms with Gasteiger partial charge in [-0.3, -0.25) is 9.69 Å². The van der Waals surface area contributed by atoms with Crippen molar-refractivity contribution in [1.29, 1.82) is 0 Å². The number of ether oxygens (including phenoxy) is 1. The standard InChI is InChI=1S/C20H21Cl2N3O3S/c1-5-28-20(27)16-10(2)14-18(26)23-17(24-19(14)29-16)11(3)25(4)9-12-7-6-8-13(21)15(12)22/h6-8,11H,5,9H2,1-4H3,(H,23,24,26). The number of nitrogens with one attached hydrogen (secondary N) is 1. The molecule has 1 atom stereocenters. The average Bonchev–Trinajstić information content (AvgIpc) is 3.02. The van der Waals surface area contributed by atoms with Gasteiger partial charge in [0, 0.05) is 6.54 Å². The van der Waals surface area contributed by atoms with E-state index in [9.17, 15) is 9.59 Å². The number of halogens is 2. The SMILES string of the molecule is CCOC(=O)c1sc2nc(C(C)N(C)Cc3cccc(Cl)c3Cl)[nH]c(=O)c2c1C. The fourth-order valence-electron chi connectivity index (χ4n) is 3.03. The number of rotatable bonds is 6. The lowest BCUT2D eigenvalue weighted by Gasteiger charge is -2.24. The van der Waals surface area contributed by atoms with E-state index in [1.54, 1.807) is 19.9 Å². The van der Waals surface area contributed by atoms with Crippen LogP contribution in [0.1, 0.15) is 46.5 Å². The van der Waals surface area contributed by atoms with Crippen LogP contribution in [0.5, 0.6) is 0 Å². The highest BCUT2D eigenvalue weighted by molar-refractivity contribution is 7.20. The van der Waals surface area contributed by atoms with Crippen LogP contribution >= 0.6 is 34.5 Å². The van der Waals surface area contributed by atoms with E-state index in [2.05, 4.69) is 9.97 Å². The first kappa shape index (κ1) is 21.8. The molecule has 154 valence electrons. The van der Waals surface area contributed by atoms with Crippen molar-refractivity contribution in [3.05, 3.63) is 60.4 Å². The Morgan fingerprint density at radius 3 is 2.79 bits per heavy atom. The van der Waals surface area contributed by atoms with Gasteiger partial charge in [-0.05, 0) is 45.0 Å². The minimum atomic E-state index is -0.435. The topological polar surface area (TPSA) is 75.3 Å². The lowest BCUT2D eigenvalue weighted by molar-refractivity contribution is 0.0531. The predicted octanol–water partition coefficient (Wildman–Crippen LogP) is 4.97. The number of carbonyl (C=O) groups excluding carboxylic acids is 1. The van der Waals surface area contributed by atoms with Gasteiger partial charge in [-0.25, -0.2) is 9.78 Å². The van der Waals surface area contributed by atoms with Crippen molar-refractivity contribution in [2.24, 2.45) is 0 Å². The molecule has 2 heterocycles. The molecule has 3 aromatic rings. The van der Waals surface area contributed by atoms with Crippen molar-refractivity contribution < 1.29 is 9.53 Å². The van der Waals surface area contributed by atoms with Crippen molar-refractivity contribution >= 4 is 50.7 Å². The number of hydrogen-bond acceptors (Lipinski definition) is 6. The quantitative estimate of drug-likeness (QED) is 0.533. The number of esters is 1. The third kappa shape index (κ3) is 4.33. The number of H-pyrrole nitrogens is 1. The number of hydrogen-bond donors (Lipinski definition) is 1. The number of carbonyl (C=O) groups is 1. The lowest BCUT2D eigenvalue weighted by Crippen LogP contribution is -2.26. The molecule has 9 heteroatoms. The summed E-state index contributed by atoms with van der Waals surface area (Å²) < 4.78 is 5.08. The molecule has 0 bridgehead atoms. The molecule has 3 rings (SSSR count). The summed E-state index contributed by atoms with van der Waals surface area (Å²) in [5.74, 6) is 0.0783. The Morgan fingerprint density at radius 2 is 2.10 bits per heavy atom. The number of benzene rings is 1. The molecule has 1 N–H and O–H groups in total. The maximum Gasteiger partial charge on any atom is 0.348 e. The predicted molar refractivity (Wildman–Crippen MR) is 117 cm³/mol. The van der Waals surface area contributed by atoms with Crippen molar-refractivity contribution in [2.75, 3.05) is 13.7 Å². The Morgan fingerprint density at radius 1 is 1.38 bits per heavy atom. The maximum atomic E-state index is 12.7. The zero-order chi connectivity index (χ0) is 21.3. The van der Waals surface area contributed by atoms with Crippen LogP contribution < -0.4 is 5.56 Å². The highest BCUT2D eigenvalue weighted by Crippen LogP contribution is 2.30. The number of thiophene rings is 1. The van der Waals surface area contributed by atoms with Crippen LogP contribution in [0.25, 0.3) is 10.2 Å². The zero-order valence-electron chi connectivity index (χ0n) is 16.5. The van der Waals surface area contributed by atoms with Gasteiger partial charge < -0.3 is 9.72 Å². The molecule has 0 fully saturated rings. The maximum absolute atomic E-state index is 12.7. The second-order valence-corrected chi connectivity index (χ2v) is 8.50. The van der Waals surface area contributed by atoms with E-state index in [0.29, 0.717) is 43.1 Å². The van der Waals surface area contributed by atoms with Crippen molar-refractivity contribution in [3.63, 3.8) is 0 Å². The third-order valence-electron chi connectivity index (χ3n) is 4.79. The van der Waals surface area contributed by atoms with Gasteiger partial charge in [-0.1, -0.05) is 35.3 Å². The van der Waals surface area contributed by atoms with Gasteiger partial charge in [0.05, 0.1) is 28.1 Å². The second-order valence-electron chi connectivity index (χ2n) is 6.71. The second kappa shape index (κ2) is 8.83. The van der Waals surface area contributed by atoms with E-state index in [0.717, 1.165) is 5.56 Å². The van der Waals surface area contributed by atoms with Crippen molar-refractivity contribution in [1.82, 2.24) is 14.9 Å².